The Balaban J connectivity index is 2.03. The number of aryl methyl sites for hydroxylation is 1. The van der Waals surface area contributed by atoms with Gasteiger partial charge >= 0.3 is 6.36 Å². The van der Waals surface area contributed by atoms with E-state index in [2.05, 4.69) is 10.7 Å². The molecule has 0 unspecified atom stereocenters. The van der Waals surface area contributed by atoms with Gasteiger partial charge in [-0.25, -0.2) is 8.78 Å². The van der Waals surface area contributed by atoms with Crippen LogP contribution in [-0.2, 0) is 11.2 Å². The van der Waals surface area contributed by atoms with Gasteiger partial charge < -0.3 is 4.74 Å². The molecule has 0 bridgehead atoms. The average molecular weight is 390 g/mol. The van der Waals surface area contributed by atoms with Gasteiger partial charge in [0, 0.05) is 5.56 Å². The van der Waals surface area contributed by atoms with E-state index >= 15 is 0 Å². The fourth-order valence-corrected chi connectivity index (χ4v) is 3.02. The van der Waals surface area contributed by atoms with Crippen LogP contribution in [0.3, 0.4) is 0 Å². The molecule has 0 heterocycles. The van der Waals surface area contributed by atoms with Gasteiger partial charge in [0.25, 0.3) is 0 Å². The number of benzene rings is 3. The van der Waals surface area contributed by atoms with Gasteiger partial charge in [0.05, 0.1) is 5.56 Å². The summed E-state index contributed by atoms with van der Waals surface area (Å²) in [5.74, 6) is 0.997. The van der Waals surface area contributed by atoms with Crippen LogP contribution in [0.15, 0.2) is 48.5 Å². The smallest absolute Gasteiger partial charge is 0.352 e. The van der Waals surface area contributed by atoms with Crippen molar-refractivity contribution in [2.45, 2.75) is 26.1 Å². The van der Waals surface area contributed by atoms with Gasteiger partial charge in [-0.05, 0) is 58.5 Å². The summed E-state index contributed by atoms with van der Waals surface area (Å²) >= 11 is 0. The van der Waals surface area contributed by atoms with E-state index in [0.29, 0.717) is 33.9 Å². The predicted molar refractivity (Wildman–Crippen MR) is 97.3 cm³/mol. The molecule has 0 saturated heterocycles. The number of rotatable bonds is 3. The zero-order valence-corrected chi connectivity index (χ0v) is 14.8. The molecule has 0 aromatic heterocycles. The maximum atomic E-state index is 14.5. The molecule has 0 amide bonds. The Morgan fingerprint density at radius 3 is 2.32 bits per heavy atom. The molecule has 1 nitrogen and oxygen atoms in total. The van der Waals surface area contributed by atoms with Crippen LogP contribution >= 0.6 is 0 Å². The van der Waals surface area contributed by atoms with Crippen molar-refractivity contribution in [2.75, 3.05) is 0 Å². The standard InChI is InChI=1S/C22H15F5O/c1-2-4-14-11-19(23)21(20(24)12-14)17-7-8-18-15(5-3-6-16(18)13-17)9-10-28-22(25,26)27/h3,5-8,11-13H,2,4H2,1H3. The summed E-state index contributed by atoms with van der Waals surface area (Å²) in [4.78, 5) is 0. The second-order valence-electron chi connectivity index (χ2n) is 6.20. The summed E-state index contributed by atoms with van der Waals surface area (Å²) in [7, 11) is 0. The third-order valence-electron chi connectivity index (χ3n) is 4.16. The van der Waals surface area contributed by atoms with Crippen LogP contribution < -0.4 is 0 Å². The number of alkyl halides is 3. The van der Waals surface area contributed by atoms with Gasteiger partial charge in [-0.3, -0.25) is 0 Å². The summed E-state index contributed by atoms with van der Waals surface area (Å²) in [6.45, 7) is 1.92. The Labute approximate surface area is 158 Å². The zero-order chi connectivity index (χ0) is 20.3. The Hall–Kier alpha value is -3.07. The normalized spacial score (nSPS) is 11.2. The van der Waals surface area contributed by atoms with Crippen molar-refractivity contribution >= 4 is 10.8 Å². The molecule has 0 N–H and O–H groups in total. The molecular formula is C22H15F5O. The van der Waals surface area contributed by atoms with Crippen molar-refractivity contribution in [3.8, 4) is 23.2 Å². The van der Waals surface area contributed by atoms with Crippen LogP contribution in [0.4, 0.5) is 22.0 Å². The molecule has 3 rings (SSSR count). The molecule has 3 aromatic carbocycles. The van der Waals surface area contributed by atoms with Crippen molar-refractivity contribution in [1.82, 2.24) is 0 Å². The van der Waals surface area contributed by atoms with E-state index in [9.17, 15) is 22.0 Å². The maximum absolute atomic E-state index is 14.5. The van der Waals surface area contributed by atoms with E-state index in [1.54, 1.807) is 30.4 Å². The van der Waals surface area contributed by atoms with Crippen molar-refractivity contribution < 1.29 is 26.7 Å². The molecule has 6 heteroatoms. The first kappa shape index (κ1) is 19.7. The first-order valence-corrected chi connectivity index (χ1v) is 8.55. The highest BCUT2D eigenvalue weighted by atomic mass is 19.4. The van der Waals surface area contributed by atoms with Crippen LogP contribution in [-0.4, -0.2) is 6.36 Å². The van der Waals surface area contributed by atoms with Crippen molar-refractivity contribution in [1.29, 1.82) is 0 Å². The predicted octanol–water partition coefficient (Wildman–Crippen LogP) is 6.58. The topological polar surface area (TPSA) is 9.23 Å². The SMILES string of the molecule is CCCc1cc(F)c(-c2ccc3c(C#COC(F)(F)F)cccc3c2)c(F)c1. The lowest BCUT2D eigenvalue weighted by Gasteiger charge is -2.10. The van der Waals surface area contributed by atoms with E-state index < -0.39 is 18.0 Å². The van der Waals surface area contributed by atoms with Crippen molar-refractivity contribution in [2.24, 2.45) is 0 Å². The summed E-state index contributed by atoms with van der Waals surface area (Å²) < 4.78 is 68.7. The Bertz CT molecular complexity index is 1050. The highest BCUT2D eigenvalue weighted by molar-refractivity contribution is 5.91. The molecule has 0 spiro atoms. The highest BCUT2D eigenvalue weighted by Gasteiger charge is 2.29. The molecule has 0 fully saturated rings. The first-order valence-electron chi connectivity index (χ1n) is 8.55. The summed E-state index contributed by atoms with van der Waals surface area (Å²) in [6, 6.07) is 12.1. The van der Waals surface area contributed by atoms with Gasteiger partial charge in [0.1, 0.15) is 17.7 Å². The van der Waals surface area contributed by atoms with Crippen LogP contribution in [0.2, 0.25) is 0 Å². The highest BCUT2D eigenvalue weighted by Crippen LogP contribution is 2.31. The summed E-state index contributed by atoms with van der Waals surface area (Å²) in [5.41, 5.74) is 1.10. The van der Waals surface area contributed by atoms with Crippen LogP contribution in [0.1, 0.15) is 24.5 Å². The molecule has 0 radical (unpaired) electrons. The van der Waals surface area contributed by atoms with Gasteiger partial charge in [0.2, 0.25) is 0 Å². The number of halogens is 5. The molecule has 0 saturated carbocycles. The van der Waals surface area contributed by atoms with Gasteiger partial charge in [-0.2, -0.15) is 0 Å². The lowest BCUT2D eigenvalue weighted by atomic mass is 9.96. The van der Waals surface area contributed by atoms with Gasteiger partial charge in [-0.15, -0.1) is 13.2 Å². The van der Waals surface area contributed by atoms with Crippen LogP contribution in [0.25, 0.3) is 21.9 Å². The Kier molecular flexibility index (Phi) is 5.55. The van der Waals surface area contributed by atoms with Crippen molar-refractivity contribution in [3.63, 3.8) is 0 Å². The third-order valence-corrected chi connectivity index (χ3v) is 4.16. The molecular weight excluding hydrogens is 375 g/mol. The first-order chi connectivity index (χ1) is 13.3. The quantitative estimate of drug-likeness (QED) is 0.362. The molecule has 0 aliphatic rings. The molecule has 3 aromatic rings. The van der Waals surface area contributed by atoms with Crippen LogP contribution in [0, 0.1) is 23.7 Å². The minimum absolute atomic E-state index is 0.140. The largest absolute Gasteiger partial charge is 0.581 e. The van der Waals surface area contributed by atoms with Crippen molar-refractivity contribution in [3.05, 3.63) is 71.3 Å². The molecule has 0 atom stereocenters. The lowest BCUT2D eigenvalue weighted by molar-refractivity contribution is -0.291. The fraction of sp³-hybridized carbons (Fsp3) is 0.182. The summed E-state index contributed by atoms with van der Waals surface area (Å²) in [5, 5.41) is 1.14. The van der Waals surface area contributed by atoms with Crippen LogP contribution in [0.5, 0.6) is 0 Å². The maximum Gasteiger partial charge on any atom is 0.581 e. The van der Waals surface area contributed by atoms with E-state index in [1.165, 1.54) is 24.3 Å². The van der Waals surface area contributed by atoms with Gasteiger partial charge in [-0.1, -0.05) is 37.6 Å². The fourth-order valence-electron chi connectivity index (χ4n) is 3.02. The van der Waals surface area contributed by atoms with E-state index in [0.717, 1.165) is 6.42 Å². The average Bonchev–Trinajstić information content (AvgIpc) is 2.60. The monoisotopic (exact) mass is 390 g/mol. The van der Waals surface area contributed by atoms with E-state index in [-0.39, 0.29) is 5.56 Å². The molecule has 0 aliphatic heterocycles. The second kappa shape index (κ2) is 7.89. The minimum Gasteiger partial charge on any atom is -0.352 e. The minimum atomic E-state index is -4.84. The van der Waals surface area contributed by atoms with Gasteiger partial charge in [0.15, 0.2) is 0 Å². The Morgan fingerprint density at radius 2 is 1.68 bits per heavy atom. The lowest BCUT2D eigenvalue weighted by Crippen LogP contribution is -2.08. The molecule has 144 valence electrons. The number of fused-ring (bicyclic) bond motifs is 1. The van der Waals surface area contributed by atoms with E-state index in [4.69, 9.17) is 0 Å². The summed E-state index contributed by atoms with van der Waals surface area (Å²) in [6.07, 6.45) is -1.87. The third kappa shape index (κ3) is 4.42. The molecule has 0 aliphatic carbocycles. The Morgan fingerprint density at radius 1 is 0.964 bits per heavy atom. The number of ether oxygens (including phenoxy) is 1. The number of hydrogen-bond acceptors (Lipinski definition) is 1. The second-order valence-corrected chi connectivity index (χ2v) is 6.20. The zero-order valence-electron chi connectivity index (χ0n) is 14.8. The molecule has 28 heavy (non-hydrogen) atoms. The van der Waals surface area contributed by atoms with E-state index in [1.807, 2.05) is 6.92 Å². The number of hydrogen-bond donors (Lipinski definition) is 0.